The molecule has 1 heterocycles. The van der Waals surface area contributed by atoms with E-state index in [9.17, 15) is 10.1 Å². The molecule has 0 saturated carbocycles. The Morgan fingerprint density at radius 3 is 3.10 bits per heavy atom. The number of anilines is 1. The molecule has 0 unspecified atom stereocenters. The van der Waals surface area contributed by atoms with Crippen LogP contribution < -0.4 is 5.32 Å². The van der Waals surface area contributed by atoms with Crippen LogP contribution in [0.1, 0.15) is 6.92 Å². The number of nitro benzene ring substituents is 1. The number of nitro groups is 1. The van der Waals surface area contributed by atoms with E-state index in [1.54, 1.807) is 6.07 Å². The van der Waals surface area contributed by atoms with E-state index in [0.717, 1.165) is 5.57 Å². The van der Waals surface area contributed by atoms with E-state index in [2.05, 4.69) is 16.9 Å². The SMILES string of the molecule is C=C(C)COCCNc1nc2ccc([N+](=O)[O-])cc2o1. The third-order valence-corrected chi connectivity index (χ3v) is 2.45. The van der Waals surface area contributed by atoms with Crippen molar-refractivity contribution < 1.29 is 14.1 Å². The van der Waals surface area contributed by atoms with Gasteiger partial charge < -0.3 is 14.5 Å². The highest BCUT2D eigenvalue weighted by molar-refractivity contribution is 5.77. The van der Waals surface area contributed by atoms with Crippen molar-refractivity contribution in [3.05, 3.63) is 40.5 Å². The van der Waals surface area contributed by atoms with Crippen LogP contribution in [-0.4, -0.2) is 29.7 Å². The molecule has 0 amide bonds. The predicted octanol–water partition coefficient (Wildman–Crippen LogP) is 2.74. The Kier molecular flexibility index (Phi) is 4.31. The molecule has 1 aromatic heterocycles. The predicted molar refractivity (Wildman–Crippen MR) is 74.8 cm³/mol. The smallest absolute Gasteiger partial charge is 0.295 e. The zero-order valence-electron chi connectivity index (χ0n) is 11.1. The van der Waals surface area contributed by atoms with Gasteiger partial charge >= 0.3 is 0 Å². The number of aromatic nitrogens is 1. The number of rotatable bonds is 7. The summed E-state index contributed by atoms with van der Waals surface area (Å²) in [5, 5.41) is 13.6. The second-order valence-corrected chi connectivity index (χ2v) is 4.36. The highest BCUT2D eigenvalue weighted by Gasteiger charge is 2.11. The summed E-state index contributed by atoms with van der Waals surface area (Å²) in [4.78, 5) is 14.4. The average Bonchev–Trinajstić information content (AvgIpc) is 2.79. The Morgan fingerprint density at radius 2 is 2.40 bits per heavy atom. The van der Waals surface area contributed by atoms with Crippen LogP contribution in [0.15, 0.2) is 34.8 Å². The van der Waals surface area contributed by atoms with Crippen molar-refractivity contribution in [1.29, 1.82) is 0 Å². The zero-order chi connectivity index (χ0) is 14.5. The van der Waals surface area contributed by atoms with Gasteiger partial charge in [-0.25, -0.2) is 0 Å². The number of oxazole rings is 1. The second kappa shape index (κ2) is 6.16. The molecule has 0 aliphatic heterocycles. The monoisotopic (exact) mass is 277 g/mol. The first-order valence-corrected chi connectivity index (χ1v) is 6.07. The summed E-state index contributed by atoms with van der Waals surface area (Å²) in [6.45, 7) is 7.16. The molecule has 0 atom stereocenters. The molecule has 0 fully saturated rings. The van der Waals surface area contributed by atoms with Crippen LogP contribution in [0.25, 0.3) is 11.1 Å². The molecule has 20 heavy (non-hydrogen) atoms. The minimum atomic E-state index is -0.472. The van der Waals surface area contributed by atoms with E-state index in [1.165, 1.54) is 12.1 Å². The molecule has 0 saturated heterocycles. The molecule has 106 valence electrons. The number of ether oxygens (including phenoxy) is 1. The Bertz CT molecular complexity index is 636. The highest BCUT2D eigenvalue weighted by Crippen LogP contribution is 2.23. The number of hydrogen-bond acceptors (Lipinski definition) is 6. The number of nitrogens with zero attached hydrogens (tertiary/aromatic N) is 2. The largest absolute Gasteiger partial charge is 0.423 e. The zero-order valence-corrected chi connectivity index (χ0v) is 11.1. The van der Waals surface area contributed by atoms with E-state index in [0.29, 0.717) is 36.9 Å². The van der Waals surface area contributed by atoms with E-state index >= 15 is 0 Å². The van der Waals surface area contributed by atoms with Crippen molar-refractivity contribution in [3.63, 3.8) is 0 Å². The Morgan fingerprint density at radius 1 is 1.60 bits per heavy atom. The molecular formula is C13H15N3O4. The number of nitrogens with one attached hydrogen (secondary N) is 1. The van der Waals surface area contributed by atoms with Crippen LogP contribution in [-0.2, 0) is 4.74 Å². The van der Waals surface area contributed by atoms with Gasteiger partial charge in [0.25, 0.3) is 11.7 Å². The molecule has 2 rings (SSSR count). The summed E-state index contributed by atoms with van der Waals surface area (Å²) >= 11 is 0. The maximum Gasteiger partial charge on any atom is 0.295 e. The fourth-order valence-corrected chi connectivity index (χ4v) is 1.58. The minimum Gasteiger partial charge on any atom is -0.423 e. The van der Waals surface area contributed by atoms with Crippen LogP contribution in [0.5, 0.6) is 0 Å². The maximum atomic E-state index is 10.7. The normalized spacial score (nSPS) is 10.7. The van der Waals surface area contributed by atoms with E-state index in [1.807, 2.05) is 6.92 Å². The fraction of sp³-hybridized carbons (Fsp3) is 0.308. The van der Waals surface area contributed by atoms with E-state index < -0.39 is 4.92 Å². The molecular weight excluding hydrogens is 262 g/mol. The first-order chi connectivity index (χ1) is 9.56. The standard InChI is InChI=1S/C13H15N3O4/c1-9(2)8-19-6-5-14-13-15-11-4-3-10(16(17)18)7-12(11)20-13/h3-4,7H,1,5-6,8H2,2H3,(H,14,15). The Balaban J connectivity index is 1.94. The number of benzene rings is 1. The van der Waals surface area contributed by atoms with Gasteiger partial charge in [-0.15, -0.1) is 0 Å². The summed E-state index contributed by atoms with van der Waals surface area (Å²) in [5.74, 6) is 0. The average molecular weight is 277 g/mol. The van der Waals surface area contributed by atoms with Crippen LogP contribution in [0.3, 0.4) is 0 Å². The molecule has 1 N–H and O–H groups in total. The molecule has 2 aromatic rings. The van der Waals surface area contributed by atoms with Crippen molar-refractivity contribution in [2.45, 2.75) is 6.92 Å². The van der Waals surface area contributed by atoms with E-state index in [-0.39, 0.29) is 5.69 Å². The topological polar surface area (TPSA) is 90.4 Å². The molecule has 0 aliphatic carbocycles. The molecule has 7 nitrogen and oxygen atoms in total. The van der Waals surface area contributed by atoms with Gasteiger partial charge in [-0.2, -0.15) is 4.98 Å². The molecule has 1 aromatic carbocycles. The minimum absolute atomic E-state index is 0.0232. The third-order valence-electron chi connectivity index (χ3n) is 2.45. The van der Waals surface area contributed by atoms with Crippen LogP contribution in [0, 0.1) is 10.1 Å². The highest BCUT2D eigenvalue weighted by atomic mass is 16.6. The second-order valence-electron chi connectivity index (χ2n) is 4.36. The summed E-state index contributed by atoms with van der Waals surface area (Å²) < 4.78 is 10.7. The lowest BCUT2D eigenvalue weighted by Crippen LogP contribution is -2.10. The third kappa shape index (κ3) is 3.55. The van der Waals surface area contributed by atoms with Gasteiger partial charge in [-0.1, -0.05) is 12.2 Å². The van der Waals surface area contributed by atoms with Crippen molar-refractivity contribution in [1.82, 2.24) is 4.98 Å². The van der Waals surface area contributed by atoms with Gasteiger partial charge in [0.2, 0.25) is 0 Å². The lowest BCUT2D eigenvalue weighted by atomic mass is 10.3. The van der Waals surface area contributed by atoms with Gasteiger partial charge in [0.05, 0.1) is 24.2 Å². The summed E-state index contributed by atoms with van der Waals surface area (Å²) in [5.41, 5.74) is 1.88. The van der Waals surface area contributed by atoms with Crippen molar-refractivity contribution >= 4 is 22.8 Å². The van der Waals surface area contributed by atoms with E-state index in [4.69, 9.17) is 9.15 Å². The van der Waals surface area contributed by atoms with Crippen LogP contribution in [0.4, 0.5) is 11.7 Å². The molecule has 7 heteroatoms. The van der Waals surface area contributed by atoms with Crippen molar-refractivity contribution in [2.75, 3.05) is 25.1 Å². The molecule has 0 bridgehead atoms. The van der Waals surface area contributed by atoms with Gasteiger partial charge in [0.1, 0.15) is 5.52 Å². The lowest BCUT2D eigenvalue weighted by molar-refractivity contribution is -0.384. The number of non-ortho nitro benzene ring substituents is 1. The number of hydrogen-bond donors (Lipinski definition) is 1. The Hall–Kier alpha value is -2.41. The lowest BCUT2D eigenvalue weighted by Gasteiger charge is -2.03. The number of fused-ring (bicyclic) bond motifs is 1. The summed E-state index contributed by atoms with van der Waals surface area (Å²) in [6.07, 6.45) is 0. The van der Waals surface area contributed by atoms with Crippen molar-refractivity contribution in [3.8, 4) is 0 Å². The quantitative estimate of drug-likeness (QED) is 0.362. The summed E-state index contributed by atoms with van der Waals surface area (Å²) in [7, 11) is 0. The molecule has 0 radical (unpaired) electrons. The van der Waals surface area contributed by atoms with Gasteiger partial charge in [-0.05, 0) is 13.0 Å². The van der Waals surface area contributed by atoms with Gasteiger partial charge in [0, 0.05) is 12.6 Å². The summed E-state index contributed by atoms with van der Waals surface area (Å²) in [6, 6.07) is 4.62. The molecule has 0 spiro atoms. The van der Waals surface area contributed by atoms with Gasteiger partial charge in [0.15, 0.2) is 5.58 Å². The first-order valence-electron chi connectivity index (χ1n) is 6.07. The first kappa shape index (κ1) is 14.0. The van der Waals surface area contributed by atoms with Crippen LogP contribution >= 0.6 is 0 Å². The van der Waals surface area contributed by atoms with Crippen LogP contribution in [0.2, 0.25) is 0 Å². The molecule has 0 aliphatic rings. The van der Waals surface area contributed by atoms with Gasteiger partial charge in [-0.3, -0.25) is 10.1 Å². The van der Waals surface area contributed by atoms with Crippen molar-refractivity contribution in [2.24, 2.45) is 0 Å². The fourth-order valence-electron chi connectivity index (χ4n) is 1.58. The Labute approximate surface area is 115 Å². The maximum absolute atomic E-state index is 10.7.